The van der Waals surface area contributed by atoms with Crippen molar-refractivity contribution in [3.05, 3.63) is 42.0 Å². The molecular formula is C14H15N3O2. The lowest BCUT2D eigenvalue weighted by molar-refractivity contribution is 0.339. The first-order chi connectivity index (χ1) is 9.28. The average Bonchev–Trinajstić information content (AvgIpc) is 2.84. The van der Waals surface area contributed by atoms with Gasteiger partial charge in [-0.25, -0.2) is 0 Å². The highest BCUT2D eigenvalue weighted by Crippen LogP contribution is 2.34. The summed E-state index contributed by atoms with van der Waals surface area (Å²) in [6, 6.07) is 11.7. The molecular weight excluding hydrogens is 242 g/mol. The van der Waals surface area contributed by atoms with E-state index in [2.05, 4.69) is 16.4 Å². The average molecular weight is 257 g/mol. The number of nitrogen functional groups attached to an aromatic ring is 1. The van der Waals surface area contributed by atoms with Crippen molar-refractivity contribution in [1.29, 1.82) is 0 Å². The molecule has 19 heavy (non-hydrogen) atoms. The maximum absolute atomic E-state index is 5.74. The first-order valence-electron chi connectivity index (χ1n) is 6.06. The first kappa shape index (κ1) is 11.6. The molecule has 0 bridgehead atoms. The van der Waals surface area contributed by atoms with Crippen molar-refractivity contribution in [2.45, 2.75) is 6.04 Å². The van der Waals surface area contributed by atoms with E-state index in [1.807, 2.05) is 24.3 Å². The van der Waals surface area contributed by atoms with Gasteiger partial charge in [0.05, 0.1) is 18.8 Å². The third-order valence-corrected chi connectivity index (χ3v) is 3.11. The Hall–Kier alpha value is -2.43. The molecule has 0 saturated heterocycles. The number of para-hydroxylation sites is 1. The number of fused-ring (bicyclic) bond motifs is 1. The van der Waals surface area contributed by atoms with Crippen molar-refractivity contribution in [2.24, 2.45) is 0 Å². The molecule has 0 radical (unpaired) electrons. The number of benzene rings is 1. The molecule has 1 aliphatic heterocycles. The molecule has 5 nitrogen and oxygen atoms in total. The van der Waals surface area contributed by atoms with Crippen molar-refractivity contribution in [1.82, 2.24) is 4.98 Å². The summed E-state index contributed by atoms with van der Waals surface area (Å²) in [5.41, 5.74) is 7.41. The maximum atomic E-state index is 5.74. The zero-order valence-corrected chi connectivity index (χ0v) is 10.6. The number of pyridine rings is 1. The molecule has 0 amide bonds. The van der Waals surface area contributed by atoms with E-state index in [9.17, 15) is 0 Å². The van der Waals surface area contributed by atoms with Crippen LogP contribution in [-0.4, -0.2) is 18.7 Å². The van der Waals surface area contributed by atoms with Gasteiger partial charge in [0, 0.05) is 5.56 Å². The second kappa shape index (κ2) is 4.68. The number of nitrogens with one attached hydrogen (secondary N) is 1. The van der Waals surface area contributed by atoms with E-state index < -0.39 is 0 Å². The number of ether oxygens (including phenoxy) is 2. The highest BCUT2D eigenvalue weighted by molar-refractivity contribution is 5.55. The van der Waals surface area contributed by atoms with Crippen LogP contribution >= 0.6 is 0 Å². The molecule has 0 aliphatic carbocycles. The number of hydrogen-bond acceptors (Lipinski definition) is 5. The molecule has 1 unspecified atom stereocenters. The van der Waals surface area contributed by atoms with Gasteiger partial charge in [0.1, 0.15) is 18.2 Å². The van der Waals surface area contributed by atoms with E-state index in [1.54, 1.807) is 13.2 Å². The standard InChI is InChI=1S/C14H15N3O2/c1-18-14-10(15)6-7-13(17-14)16-11-8-19-12-5-3-2-4-9(11)12/h2-7,11H,8,15H2,1H3,(H,16,17). The number of nitrogens with two attached hydrogens (primary N) is 1. The van der Waals surface area contributed by atoms with E-state index in [1.165, 1.54) is 0 Å². The fraction of sp³-hybridized carbons (Fsp3) is 0.214. The summed E-state index contributed by atoms with van der Waals surface area (Å²) in [4.78, 5) is 4.31. The Labute approximate surface area is 111 Å². The van der Waals surface area contributed by atoms with Crippen molar-refractivity contribution >= 4 is 11.5 Å². The van der Waals surface area contributed by atoms with Crippen LogP contribution in [0.3, 0.4) is 0 Å². The SMILES string of the molecule is COc1nc(NC2COc3ccccc32)ccc1N. The van der Waals surface area contributed by atoms with Gasteiger partial charge in [-0.05, 0) is 18.2 Å². The second-order valence-electron chi connectivity index (χ2n) is 4.34. The number of nitrogens with zero attached hydrogens (tertiary/aromatic N) is 1. The van der Waals surface area contributed by atoms with E-state index in [0.29, 0.717) is 18.2 Å². The van der Waals surface area contributed by atoms with Crippen molar-refractivity contribution in [2.75, 3.05) is 24.8 Å². The minimum Gasteiger partial charge on any atom is -0.491 e. The van der Waals surface area contributed by atoms with Crippen molar-refractivity contribution in [3.8, 4) is 11.6 Å². The van der Waals surface area contributed by atoms with E-state index in [4.69, 9.17) is 15.2 Å². The summed E-state index contributed by atoms with van der Waals surface area (Å²) >= 11 is 0. The third kappa shape index (κ3) is 2.14. The number of aromatic nitrogens is 1. The molecule has 0 fully saturated rings. The monoisotopic (exact) mass is 257 g/mol. The summed E-state index contributed by atoms with van der Waals surface area (Å²) in [6.07, 6.45) is 0. The Bertz CT molecular complexity index is 601. The van der Waals surface area contributed by atoms with Gasteiger partial charge < -0.3 is 20.5 Å². The van der Waals surface area contributed by atoms with Gasteiger partial charge in [-0.15, -0.1) is 0 Å². The number of methoxy groups -OCH3 is 1. The quantitative estimate of drug-likeness (QED) is 0.882. The summed E-state index contributed by atoms with van der Waals surface area (Å²) in [5.74, 6) is 2.07. The zero-order chi connectivity index (χ0) is 13.2. The molecule has 2 heterocycles. The maximum Gasteiger partial charge on any atom is 0.238 e. The molecule has 1 aromatic carbocycles. The minimum atomic E-state index is 0.0945. The van der Waals surface area contributed by atoms with Gasteiger partial charge in [0.15, 0.2) is 0 Å². The smallest absolute Gasteiger partial charge is 0.238 e. The Morgan fingerprint density at radius 2 is 2.16 bits per heavy atom. The van der Waals surface area contributed by atoms with E-state index >= 15 is 0 Å². The molecule has 3 rings (SSSR count). The van der Waals surface area contributed by atoms with Crippen molar-refractivity contribution in [3.63, 3.8) is 0 Å². The normalized spacial score (nSPS) is 16.6. The first-order valence-corrected chi connectivity index (χ1v) is 6.06. The summed E-state index contributed by atoms with van der Waals surface area (Å²) in [7, 11) is 1.55. The molecule has 5 heteroatoms. The highest BCUT2D eigenvalue weighted by atomic mass is 16.5. The van der Waals surface area contributed by atoms with Gasteiger partial charge in [-0.2, -0.15) is 4.98 Å². The third-order valence-electron chi connectivity index (χ3n) is 3.11. The Morgan fingerprint density at radius 1 is 1.32 bits per heavy atom. The minimum absolute atomic E-state index is 0.0945. The lowest BCUT2D eigenvalue weighted by Crippen LogP contribution is -2.13. The summed E-state index contributed by atoms with van der Waals surface area (Å²) < 4.78 is 10.7. The molecule has 3 N–H and O–H groups in total. The zero-order valence-electron chi connectivity index (χ0n) is 10.6. The van der Waals surface area contributed by atoms with Gasteiger partial charge in [0.2, 0.25) is 5.88 Å². The lowest BCUT2D eigenvalue weighted by atomic mass is 10.1. The largest absolute Gasteiger partial charge is 0.491 e. The number of hydrogen-bond donors (Lipinski definition) is 2. The molecule has 1 aliphatic rings. The van der Waals surface area contributed by atoms with Crippen LogP contribution in [0.1, 0.15) is 11.6 Å². The van der Waals surface area contributed by atoms with E-state index in [-0.39, 0.29) is 6.04 Å². The van der Waals surface area contributed by atoms with Crippen LogP contribution in [0.2, 0.25) is 0 Å². The van der Waals surface area contributed by atoms with Crippen LogP contribution < -0.4 is 20.5 Å². The second-order valence-corrected chi connectivity index (χ2v) is 4.34. The highest BCUT2D eigenvalue weighted by Gasteiger charge is 2.23. The fourth-order valence-corrected chi connectivity index (χ4v) is 2.16. The van der Waals surface area contributed by atoms with Crippen LogP contribution in [0.15, 0.2) is 36.4 Å². The Morgan fingerprint density at radius 3 is 3.00 bits per heavy atom. The van der Waals surface area contributed by atoms with Crippen LogP contribution in [0.5, 0.6) is 11.6 Å². The Balaban J connectivity index is 1.83. The predicted octanol–water partition coefficient (Wildman–Crippen LogP) is 2.22. The molecule has 98 valence electrons. The number of rotatable bonds is 3. The van der Waals surface area contributed by atoms with Gasteiger partial charge in [-0.1, -0.05) is 18.2 Å². The van der Waals surface area contributed by atoms with Crippen LogP contribution in [0.25, 0.3) is 0 Å². The summed E-state index contributed by atoms with van der Waals surface area (Å²) in [5, 5.41) is 3.33. The lowest BCUT2D eigenvalue weighted by Gasteiger charge is -2.13. The molecule has 1 aromatic heterocycles. The molecule has 2 aromatic rings. The Kier molecular flexibility index (Phi) is 2.87. The fourth-order valence-electron chi connectivity index (χ4n) is 2.16. The van der Waals surface area contributed by atoms with Gasteiger partial charge in [-0.3, -0.25) is 0 Å². The van der Waals surface area contributed by atoms with Crippen molar-refractivity contribution < 1.29 is 9.47 Å². The van der Waals surface area contributed by atoms with Crippen LogP contribution in [0, 0.1) is 0 Å². The van der Waals surface area contributed by atoms with E-state index in [0.717, 1.165) is 17.1 Å². The van der Waals surface area contributed by atoms with Gasteiger partial charge in [0.25, 0.3) is 0 Å². The predicted molar refractivity (Wildman–Crippen MR) is 73.5 cm³/mol. The molecule has 0 saturated carbocycles. The van der Waals surface area contributed by atoms with Crippen LogP contribution in [0.4, 0.5) is 11.5 Å². The van der Waals surface area contributed by atoms with Crippen LogP contribution in [-0.2, 0) is 0 Å². The topological polar surface area (TPSA) is 69.4 Å². The molecule has 1 atom stereocenters. The number of anilines is 2. The van der Waals surface area contributed by atoms with Gasteiger partial charge >= 0.3 is 0 Å². The molecule has 0 spiro atoms. The summed E-state index contributed by atoms with van der Waals surface area (Å²) in [6.45, 7) is 0.591.